The largest absolute Gasteiger partial charge is 0.276 e. The van der Waals surface area contributed by atoms with Crippen molar-refractivity contribution in [2.45, 2.75) is 0 Å². The third-order valence-electron chi connectivity index (χ3n) is 2.72. The lowest BCUT2D eigenvalue weighted by atomic mass is 10.1. The number of nitrogens with zero attached hydrogens (tertiary/aromatic N) is 1. The molecule has 0 saturated carbocycles. The van der Waals surface area contributed by atoms with Crippen LogP contribution in [0.5, 0.6) is 0 Å². The maximum atomic E-state index is 11.1. The van der Waals surface area contributed by atoms with Gasteiger partial charge in [-0.25, -0.2) is 4.98 Å². The molecule has 19 heavy (non-hydrogen) atoms. The van der Waals surface area contributed by atoms with Crippen LogP contribution in [0, 0.1) is 0 Å². The molecule has 2 nitrogen and oxygen atoms in total. The van der Waals surface area contributed by atoms with Gasteiger partial charge in [-0.3, -0.25) is 4.79 Å². The van der Waals surface area contributed by atoms with Crippen LogP contribution in [0.1, 0.15) is 10.4 Å². The summed E-state index contributed by atoms with van der Waals surface area (Å²) in [6, 6.07) is 13.1. The summed E-state index contributed by atoms with van der Waals surface area (Å²) in [4.78, 5) is 15.7. The van der Waals surface area contributed by atoms with E-state index in [0.717, 1.165) is 20.8 Å². The zero-order chi connectivity index (χ0) is 13.4. The van der Waals surface area contributed by atoms with Gasteiger partial charge in [-0.1, -0.05) is 29.8 Å². The molecule has 5 heteroatoms. The van der Waals surface area contributed by atoms with E-state index < -0.39 is 5.24 Å². The van der Waals surface area contributed by atoms with E-state index in [4.69, 9.17) is 23.2 Å². The average molecular weight is 308 g/mol. The van der Waals surface area contributed by atoms with Gasteiger partial charge in [0.15, 0.2) is 0 Å². The number of para-hydroxylation sites is 1. The van der Waals surface area contributed by atoms with Crippen LogP contribution in [-0.4, -0.2) is 10.2 Å². The van der Waals surface area contributed by atoms with Gasteiger partial charge in [-0.05, 0) is 35.9 Å². The summed E-state index contributed by atoms with van der Waals surface area (Å²) < 4.78 is 1.12. The normalized spacial score (nSPS) is 10.8. The minimum Gasteiger partial charge on any atom is -0.276 e. The first-order chi connectivity index (χ1) is 9.15. The Morgan fingerprint density at radius 3 is 2.63 bits per heavy atom. The maximum absolute atomic E-state index is 11.1. The van der Waals surface area contributed by atoms with Crippen LogP contribution in [0.4, 0.5) is 0 Å². The fourth-order valence-corrected chi connectivity index (χ4v) is 3.24. The van der Waals surface area contributed by atoms with E-state index in [1.54, 1.807) is 29.5 Å². The molecule has 0 spiro atoms. The van der Waals surface area contributed by atoms with Crippen molar-refractivity contribution in [1.29, 1.82) is 0 Å². The van der Waals surface area contributed by atoms with Gasteiger partial charge in [-0.2, -0.15) is 0 Å². The second-order valence-electron chi connectivity index (χ2n) is 3.96. The van der Waals surface area contributed by atoms with Crippen molar-refractivity contribution in [2.75, 3.05) is 0 Å². The molecule has 0 saturated heterocycles. The third kappa shape index (κ3) is 2.37. The monoisotopic (exact) mass is 307 g/mol. The number of thiazole rings is 1. The number of halogens is 2. The van der Waals surface area contributed by atoms with E-state index in [1.807, 2.05) is 24.3 Å². The van der Waals surface area contributed by atoms with Crippen LogP contribution in [-0.2, 0) is 0 Å². The molecule has 1 aromatic heterocycles. The van der Waals surface area contributed by atoms with E-state index in [-0.39, 0.29) is 0 Å². The minimum atomic E-state index is -0.555. The first kappa shape index (κ1) is 12.6. The molecular weight excluding hydrogens is 301 g/mol. The highest BCUT2D eigenvalue weighted by molar-refractivity contribution is 7.21. The number of hydrogen-bond donors (Lipinski definition) is 0. The number of rotatable bonds is 2. The van der Waals surface area contributed by atoms with Gasteiger partial charge in [0.2, 0.25) is 0 Å². The van der Waals surface area contributed by atoms with Gasteiger partial charge in [-0.15, -0.1) is 11.3 Å². The van der Waals surface area contributed by atoms with Crippen molar-refractivity contribution in [3.8, 4) is 10.6 Å². The molecule has 0 atom stereocenters. The van der Waals surface area contributed by atoms with Crippen molar-refractivity contribution in [3.63, 3.8) is 0 Å². The van der Waals surface area contributed by atoms with Crippen LogP contribution in [0.15, 0.2) is 42.5 Å². The van der Waals surface area contributed by atoms with Gasteiger partial charge in [0.05, 0.1) is 20.8 Å². The predicted molar refractivity (Wildman–Crippen MR) is 80.2 cm³/mol. The number of carbonyl (C=O) groups excluding carboxylic acids is 1. The Balaban J connectivity index is 2.11. The molecular formula is C14H7Cl2NOS. The SMILES string of the molecule is O=C(Cl)c1ccc(-c2nc3ccccc3s2)cc1Cl. The third-order valence-corrected chi connectivity index (χ3v) is 4.32. The van der Waals surface area contributed by atoms with Crippen LogP contribution in [0.2, 0.25) is 5.02 Å². The van der Waals surface area contributed by atoms with E-state index >= 15 is 0 Å². The van der Waals surface area contributed by atoms with Crippen molar-refractivity contribution < 1.29 is 4.79 Å². The number of carbonyl (C=O) groups is 1. The Kier molecular flexibility index (Phi) is 3.27. The highest BCUT2D eigenvalue weighted by atomic mass is 35.5. The van der Waals surface area contributed by atoms with Gasteiger partial charge in [0.1, 0.15) is 5.01 Å². The molecule has 0 aliphatic heterocycles. The topological polar surface area (TPSA) is 30.0 Å². The maximum Gasteiger partial charge on any atom is 0.253 e. The van der Waals surface area contributed by atoms with Crippen molar-refractivity contribution in [3.05, 3.63) is 53.1 Å². The lowest BCUT2D eigenvalue weighted by Gasteiger charge is -2.01. The molecule has 3 rings (SSSR count). The molecule has 0 aliphatic carbocycles. The number of fused-ring (bicyclic) bond motifs is 1. The predicted octanol–water partition coefficient (Wildman–Crippen LogP) is 5.00. The Morgan fingerprint density at radius 1 is 1.16 bits per heavy atom. The zero-order valence-corrected chi connectivity index (χ0v) is 11.9. The summed E-state index contributed by atoms with van der Waals surface area (Å²) >= 11 is 13.1. The molecule has 0 amide bonds. The second kappa shape index (κ2) is 4.93. The molecule has 3 aromatic rings. The molecule has 0 fully saturated rings. The Bertz CT molecular complexity index is 749. The molecule has 0 N–H and O–H groups in total. The molecule has 0 bridgehead atoms. The Labute approximate surface area is 123 Å². The lowest BCUT2D eigenvalue weighted by molar-refractivity contribution is 0.108. The summed E-state index contributed by atoms with van der Waals surface area (Å²) in [6.07, 6.45) is 0. The summed E-state index contributed by atoms with van der Waals surface area (Å²) in [7, 11) is 0. The van der Waals surface area contributed by atoms with Gasteiger partial charge < -0.3 is 0 Å². The molecule has 0 unspecified atom stereocenters. The molecule has 0 aliphatic rings. The first-order valence-electron chi connectivity index (χ1n) is 5.50. The molecule has 2 aromatic carbocycles. The summed E-state index contributed by atoms with van der Waals surface area (Å²) in [5.74, 6) is 0. The molecule has 0 radical (unpaired) electrons. The number of benzene rings is 2. The van der Waals surface area contributed by atoms with E-state index in [2.05, 4.69) is 4.98 Å². The van der Waals surface area contributed by atoms with Crippen molar-refractivity contribution in [1.82, 2.24) is 4.98 Å². The van der Waals surface area contributed by atoms with E-state index in [9.17, 15) is 4.79 Å². The van der Waals surface area contributed by atoms with Crippen molar-refractivity contribution >= 4 is 50.0 Å². The lowest BCUT2D eigenvalue weighted by Crippen LogP contribution is -1.90. The fraction of sp³-hybridized carbons (Fsp3) is 0. The highest BCUT2D eigenvalue weighted by Gasteiger charge is 2.11. The Hall–Kier alpha value is -1.42. The zero-order valence-electron chi connectivity index (χ0n) is 9.56. The standard InChI is InChI=1S/C14H7Cl2NOS/c15-10-7-8(5-6-9(10)13(16)18)14-17-11-3-1-2-4-12(11)19-14/h1-7H. The van der Waals surface area contributed by atoms with Crippen LogP contribution < -0.4 is 0 Å². The molecule has 1 heterocycles. The van der Waals surface area contributed by atoms with Crippen LogP contribution in [0.25, 0.3) is 20.8 Å². The quantitative estimate of drug-likeness (QED) is 0.624. The number of aromatic nitrogens is 1. The van der Waals surface area contributed by atoms with Crippen molar-refractivity contribution in [2.24, 2.45) is 0 Å². The highest BCUT2D eigenvalue weighted by Crippen LogP contribution is 2.32. The van der Waals surface area contributed by atoms with Gasteiger partial charge >= 0.3 is 0 Å². The second-order valence-corrected chi connectivity index (χ2v) is 5.74. The fourth-order valence-electron chi connectivity index (χ4n) is 1.80. The summed E-state index contributed by atoms with van der Waals surface area (Å²) in [6.45, 7) is 0. The van der Waals surface area contributed by atoms with Crippen LogP contribution >= 0.6 is 34.5 Å². The smallest absolute Gasteiger partial charge is 0.253 e. The van der Waals surface area contributed by atoms with Gasteiger partial charge in [0.25, 0.3) is 5.24 Å². The minimum absolute atomic E-state index is 0.313. The van der Waals surface area contributed by atoms with Crippen LogP contribution in [0.3, 0.4) is 0 Å². The molecule has 94 valence electrons. The first-order valence-corrected chi connectivity index (χ1v) is 7.08. The number of hydrogen-bond acceptors (Lipinski definition) is 3. The van der Waals surface area contributed by atoms with E-state index in [1.165, 1.54) is 0 Å². The van der Waals surface area contributed by atoms with Gasteiger partial charge in [0, 0.05) is 5.56 Å². The van der Waals surface area contributed by atoms with E-state index in [0.29, 0.717) is 10.6 Å². The summed E-state index contributed by atoms with van der Waals surface area (Å²) in [5.41, 5.74) is 2.15. The summed E-state index contributed by atoms with van der Waals surface area (Å²) in [5, 5.41) is 0.661. The average Bonchev–Trinajstić information content (AvgIpc) is 2.81. The Morgan fingerprint density at radius 2 is 1.95 bits per heavy atom.